The van der Waals surface area contributed by atoms with Gasteiger partial charge >= 0.3 is 17.9 Å². The number of carbonyl (C=O) groups excluding carboxylic acids is 5. The summed E-state index contributed by atoms with van der Waals surface area (Å²) < 4.78 is 9.92. The Morgan fingerprint density at radius 1 is 0.632 bits per heavy atom. The highest BCUT2D eigenvalue weighted by atomic mass is 35.5. The third-order valence-corrected chi connectivity index (χ3v) is 4.70. The molecule has 0 aliphatic rings. The van der Waals surface area contributed by atoms with Crippen molar-refractivity contribution < 1.29 is 55.8 Å². The number of nitrogens with two attached hydrogens (primary N) is 1. The van der Waals surface area contributed by atoms with Crippen molar-refractivity contribution in [3.8, 4) is 0 Å². The number of halogens is 1. The lowest BCUT2D eigenvalue weighted by molar-refractivity contribution is -0.149. The van der Waals surface area contributed by atoms with Crippen molar-refractivity contribution in [1.82, 2.24) is 0 Å². The van der Waals surface area contributed by atoms with Gasteiger partial charge in [0, 0.05) is 19.3 Å². The number of carboxylic acid groups (broad SMARTS) is 1. The molecule has 0 aliphatic heterocycles. The number of Topliss-reactive ketones (excluding diaryl/α,β-unsaturated/α-hetero) is 3. The molecule has 0 amide bonds. The monoisotopic (exact) mass is 566 g/mol. The van der Waals surface area contributed by atoms with Crippen molar-refractivity contribution in [2.45, 2.75) is 100 Å². The average molecular weight is 567 g/mol. The van der Waals surface area contributed by atoms with Crippen LogP contribution in [-0.4, -0.2) is 59.6 Å². The lowest BCUT2D eigenvalue weighted by Crippen LogP contribution is -3.00. The van der Waals surface area contributed by atoms with Crippen molar-refractivity contribution >= 4 is 35.3 Å². The van der Waals surface area contributed by atoms with E-state index >= 15 is 0 Å². The molecule has 0 radical (unpaired) electrons. The predicted octanol–water partition coefficient (Wildman–Crippen LogP) is 0.763. The molecule has 224 valence electrons. The Bertz CT molecular complexity index is 679. The van der Waals surface area contributed by atoms with Crippen LogP contribution in [-0.2, 0) is 38.2 Å². The summed E-state index contributed by atoms with van der Waals surface area (Å²) in [4.78, 5) is 64.2. The molecule has 0 aromatic carbocycles. The minimum absolute atomic E-state index is 0. The molecule has 0 unspecified atom stereocenters. The molecule has 0 saturated carbocycles. The summed E-state index contributed by atoms with van der Waals surface area (Å²) in [6.45, 7) is 16.6. The maximum Gasteiger partial charge on any atom is 0.323 e. The van der Waals surface area contributed by atoms with Crippen LogP contribution in [0, 0.1) is 23.7 Å². The summed E-state index contributed by atoms with van der Waals surface area (Å²) in [5, 5.41) is 8.28. The Labute approximate surface area is 234 Å². The summed E-state index contributed by atoms with van der Waals surface area (Å²) in [7, 11) is 0. The second kappa shape index (κ2) is 25.0. The van der Waals surface area contributed by atoms with E-state index in [4.69, 9.17) is 20.3 Å². The van der Waals surface area contributed by atoms with Gasteiger partial charge in [-0.05, 0) is 45.4 Å². The van der Waals surface area contributed by atoms with E-state index in [0.29, 0.717) is 25.0 Å². The van der Waals surface area contributed by atoms with Gasteiger partial charge in [-0.15, -0.1) is 0 Å². The molecule has 0 spiro atoms. The van der Waals surface area contributed by atoms with Gasteiger partial charge in [0.15, 0.2) is 0 Å². The largest absolute Gasteiger partial charge is 1.00 e. The number of ketones is 3. The number of carboxylic acids is 1. The van der Waals surface area contributed by atoms with Crippen LogP contribution < -0.4 is 18.1 Å². The molecule has 10 nitrogen and oxygen atoms in total. The van der Waals surface area contributed by atoms with Gasteiger partial charge in [-0.25, -0.2) is 0 Å². The third-order valence-electron chi connectivity index (χ3n) is 4.70. The smallest absolute Gasteiger partial charge is 0.323 e. The van der Waals surface area contributed by atoms with Crippen LogP contribution in [0.15, 0.2) is 0 Å². The van der Waals surface area contributed by atoms with Gasteiger partial charge in [0.2, 0.25) is 0 Å². The minimum Gasteiger partial charge on any atom is -1.00 e. The van der Waals surface area contributed by atoms with Gasteiger partial charge in [-0.1, -0.05) is 41.5 Å². The van der Waals surface area contributed by atoms with Gasteiger partial charge in [0.25, 0.3) is 0 Å². The van der Waals surface area contributed by atoms with Crippen LogP contribution in [0.1, 0.15) is 94.4 Å². The molecule has 3 atom stereocenters. The van der Waals surface area contributed by atoms with Crippen LogP contribution in [0.5, 0.6) is 0 Å². The topological polar surface area (TPSA) is 167 Å². The molecule has 0 bridgehead atoms. The van der Waals surface area contributed by atoms with Crippen molar-refractivity contribution in [2.24, 2.45) is 29.4 Å². The maximum absolute atomic E-state index is 11.3. The molecular weight excluding hydrogens is 518 g/mol. The average Bonchev–Trinajstić information content (AvgIpc) is 2.72. The highest BCUT2D eigenvalue weighted by Crippen LogP contribution is 2.07. The number of carbonyl (C=O) groups is 6. The third kappa shape index (κ3) is 31.7. The first-order chi connectivity index (χ1) is 16.9. The SMILES string of the molecule is CC(=O)C[C@H](C)C(=O)O.CC(=O)C[C@H](C)C(=O)OCCC(C)C.CC(=O)C[C@H](N)C(=O)OCCC(C)C.[Cl-]. The van der Waals surface area contributed by atoms with Gasteiger partial charge in [-0.2, -0.15) is 0 Å². The molecular formula is C27H49ClNO9-. The van der Waals surface area contributed by atoms with Crippen molar-refractivity contribution in [2.75, 3.05) is 13.2 Å². The van der Waals surface area contributed by atoms with E-state index in [1.807, 2.05) is 13.8 Å². The van der Waals surface area contributed by atoms with E-state index in [9.17, 15) is 28.8 Å². The molecule has 0 rings (SSSR count). The van der Waals surface area contributed by atoms with E-state index in [0.717, 1.165) is 12.8 Å². The molecule has 0 fully saturated rings. The lowest BCUT2D eigenvalue weighted by atomic mass is 10.1. The molecule has 0 heterocycles. The van der Waals surface area contributed by atoms with Gasteiger partial charge < -0.3 is 42.3 Å². The zero-order valence-electron chi connectivity index (χ0n) is 24.5. The maximum atomic E-state index is 11.3. The molecule has 38 heavy (non-hydrogen) atoms. The number of rotatable bonds is 15. The van der Waals surface area contributed by atoms with Crippen LogP contribution in [0.2, 0.25) is 0 Å². The van der Waals surface area contributed by atoms with Crippen molar-refractivity contribution in [1.29, 1.82) is 0 Å². The Balaban J connectivity index is -0.000000231. The van der Waals surface area contributed by atoms with E-state index in [-0.39, 0.29) is 60.9 Å². The summed E-state index contributed by atoms with van der Waals surface area (Å²) in [6, 6.07) is -0.806. The summed E-state index contributed by atoms with van der Waals surface area (Å²) in [5.74, 6) is -1.63. The van der Waals surface area contributed by atoms with E-state index in [1.54, 1.807) is 6.92 Å². The zero-order chi connectivity index (χ0) is 29.7. The first kappa shape index (κ1) is 42.7. The predicted molar refractivity (Wildman–Crippen MR) is 141 cm³/mol. The van der Waals surface area contributed by atoms with E-state index < -0.39 is 23.9 Å². The number of hydrogen-bond donors (Lipinski definition) is 2. The number of aliphatic carboxylic acids is 1. The quantitative estimate of drug-likeness (QED) is 0.270. The Hall–Kier alpha value is -2.33. The molecule has 0 aromatic heterocycles. The van der Waals surface area contributed by atoms with Gasteiger partial charge in [-0.3, -0.25) is 19.2 Å². The fraction of sp³-hybridized carbons (Fsp3) is 0.778. The van der Waals surface area contributed by atoms with E-state index in [2.05, 4.69) is 13.8 Å². The Kier molecular flexibility index (Phi) is 28.1. The second-order valence-electron chi connectivity index (χ2n) is 10.2. The van der Waals surface area contributed by atoms with Crippen molar-refractivity contribution in [3.63, 3.8) is 0 Å². The molecule has 0 aromatic rings. The standard InChI is InChI=1S/C11H20O3.C10H19NO3.C6H10O3.ClH/c1-8(2)5-6-14-11(13)9(3)7-10(4)12;1-7(2)4-5-14-10(13)9(11)6-8(3)12;1-4(6(8)9)3-5(2)7;/h8-9H,5-7H2,1-4H3;7,9H,4-6,11H2,1-3H3;4H,3H2,1-2H3,(H,8,9);1H/p-1/t2*9-;4-;/m000./s1. The second-order valence-corrected chi connectivity index (χ2v) is 10.2. The lowest BCUT2D eigenvalue weighted by Gasteiger charge is -2.10. The number of hydrogen-bond acceptors (Lipinski definition) is 9. The minimum atomic E-state index is -0.912. The summed E-state index contributed by atoms with van der Waals surface area (Å²) >= 11 is 0. The normalized spacial score (nSPS) is 12.3. The number of ether oxygens (including phenoxy) is 2. The number of esters is 2. The molecule has 0 saturated heterocycles. The van der Waals surface area contributed by atoms with Crippen LogP contribution in [0.4, 0.5) is 0 Å². The van der Waals surface area contributed by atoms with Gasteiger partial charge in [0.1, 0.15) is 23.4 Å². The highest BCUT2D eigenvalue weighted by Gasteiger charge is 2.17. The molecule has 11 heteroatoms. The van der Waals surface area contributed by atoms with Crippen LogP contribution in [0.3, 0.4) is 0 Å². The Morgan fingerprint density at radius 3 is 1.26 bits per heavy atom. The molecule has 0 aliphatic carbocycles. The molecule has 3 N–H and O–H groups in total. The van der Waals surface area contributed by atoms with Crippen LogP contribution >= 0.6 is 0 Å². The van der Waals surface area contributed by atoms with Gasteiger partial charge in [0.05, 0.1) is 25.0 Å². The first-order valence-electron chi connectivity index (χ1n) is 12.7. The highest BCUT2D eigenvalue weighted by molar-refractivity contribution is 5.85. The summed E-state index contributed by atoms with van der Waals surface area (Å²) in [5.41, 5.74) is 5.44. The Morgan fingerprint density at radius 2 is 0.974 bits per heavy atom. The van der Waals surface area contributed by atoms with E-state index in [1.165, 1.54) is 27.7 Å². The first-order valence-corrected chi connectivity index (χ1v) is 12.7. The van der Waals surface area contributed by atoms with Crippen LogP contribution in [0.25, 0.3) is 0 Å². The van der Waals surface area contributed by atoms with Crippen molar-refractivity contribution in [3.05, 3.63) is 0 Å². The fourth-order valence-corrected chi connectivity index (χ4v) is 2.47. The summed E-state index contributed by atoms with van der Waals surface area (Å²) in [6.07, 6.45) is 2.16. The fourth-order valence-electron chi connectivity index (χ4n) is 2.47. The zero-order valence-corrected chi connectivity index (χ0v) is 25.3.